The summed E-state index contributed by atoms with van der Waals surface area (Å²) in [5.74, 6) is -3.77. The van der Waals surface area contributed by atoms with Crippen molar-refractivity contribution in [1.29, 1.82) is 0 Å². The lowest BCUT2D eigenvalue weighted by molar-refractivity contribution is -0.114. The fourth-order valence-electron chi connectivity index (χ4n) is 1.03. The standard InChI is InChI=1S/C9H9F2NO3S/c1-6(13)12-7-2-4-8(5-3-7)16(14,15)9(10)11/h2-5,9H,1H3,(H,12,13). The van der Waals surface area contributed by atoms with Crippen molar-refractivity contribution >= 4 is 21.4 Å². The first kappa shape index (κ1) is 12.6. The van der Waals surface area contributed by atoms with Crippen molar-refractivity contribution in [3.63, 3.8) is 0 Å². The molecule has 1 amide bonds. The minimum atomic E-state index is -4.57. The fraction of sp³-hybridized carbons (Fsp3) is 0.222. The van der Waals surface area contributed by atoms with Crippen molar-refractivity contribution in [2.24, 2.45) is 0 Å². The highest BCUT2D eigenvalue weighted by molar-refractivity contribution is 7.91. The predicted molar refractivity (Wildman–Crippen MR) is 53.9 cm³/mol. The van der Waals surface area contributed by atoms with Crippen molar-refractivity contribution in [3.05, 3.63) is 24.3 Å². The monoisotopic (exact) mass is 249 g/mol. The van der Waals surface area contributed by atoms with Crippen LogP contribution in [-0.2, 0) is 14.6 Å². The van der Waals surface area contributed by atoms with E-state index >= 15 is 0 Å². The third kappa shape index (κ3) is 2.75. The summed E-state index contributed by atoms with van der Waals surface area (Å²) in [6.07, 6.45) is 0. The zero-order valence-corrected chi connectivity index (χ0v) is 9.09. The number of halogens is 2. The number of hydrogen-bond acceptors (Lipinski definition) is 3. The van der Waals surface area contributed by atoms with E-state index in [-0.39, 0.29) is 5.91 Å². The topological polar surface area (TPSA) is 63.2 Å². The van der Waals surface area contributed by atoms with Crippen LogP contribution >= 0.6 is 0 Å². The van der Waals surface area contributed by atoms with Gasteiger partial charge in [0.05, 0.1) is 4.90 Å². The molecule has 1 rings (SSSR count). The van der Waals surface area contributed by atoms with Gasteiger partial charge in [0.2, 0.25) is 15.7 Å². The normalized spacial score (nSPS) is 11.5. The molecule has 0 radical (unpaired) electrons. The summed E-state index contributed by atoms with van der Waals surface area (Å²) in [7, 11) is -4.57. The number of rotatable bonds is 3. The molecule has 0 atom stereocenters. The number of nitrogens with one attached hydrogen (secondary N) is 1. The van der Waals surface area contributed by atoms with Gasteiger partial charge in [0, 0.05) is 12.6 Å². The van der Waals surface area contributed by atoms with Crippen LogP contribution in [0.5, 0.6) is 0 Å². The summed E-state index contributed by atoms with van der Waals surface area (Å²) in [5.41, 5.74) is 0.348. The van der Waals surface area contributed by atoms with E-state index in [0.29, 0.717) is 5.69 Å². The third-order valence-corrected chi connectivity index (χ3v) is 3.14. The van der Waals surface area contributed by atoms with Gasteiger partial charge in [-0.3, -0.25) is 4.79 Å². The molecule has 0 bridgehead atoms. The molecule has 4 nitrogen and oxygen atoms in total. The van der Waals surface area contributed by atoms with E-state index in [1.54, 1.807) is 0 Å². The summed E-state index contributed by atoms with van der Waals surface area (Å²) in [5, 5.41) is 2.39. The Labute approximate surface area is 91.2 Å². The van der Waals surface area contributed by atoms with Crippen LogP contribution in [0.4, 0.5) is 14.5 Å². The van der Waals surface area contributed by atoms with Gasteiger partial charge in [-0.05, 0) is 24.3 Å². The number of carbonyl (C=O) groups excluding carboxylic acids is 1. The van der Waals surface area contributed by atoms with Gasteiger partial charge in [-0.2, -0.15) is 8.78 Å². The Morgan fingerprint density at radius 1 is 1.25 bits per heavy atom. The Morgan fingerprint density at radius 2 is 1.75 bits per heavy atom. The van der Waals surface area contributed by atoms with E-state index in [2.05, 4.69) is 5.32 Å². The molecule has 16 heavy (non-hydrogen) atoms. The fourth-order valence-corrected chi connectivity index (χ4v) is 1.76. The van der Waals surface area contributed by atoms with Crippen LogP contribution in [0.1, 0.15) is 6.92 Å². The van der Waals surface area contributed by atoms with Gasteiger partial charge in [0.1, 0.15) is 0 Å². The molecule has 0 spiro atoms. The molecule has 7 heteroatoms. The number of benzene rings is 1. The summed E-state index contributed by atoms with van der Waals surface area (Å²) in [4.78, 5) is 10.2. The average molecular weight is 249 g/mol. The summed E-state index contributed by atoms with van der Waals surface area (Å²) >= 11 is 0. The Kier molecular flexibility index (Phi) is 3.58. The molecule has 0 saturated heterocycles. The van der Waals surface area contributed by atoms with E-state index in [1.165, 1.54) is 19.1 Å². The molecule has 0 aromatic heterocycles. The number of hydrogen-bond donors (Lipinski definition) is 1. The number of alkyl halides is 2. The quantitative estimate of drug-likeness (QED) is 0.885. The van der Waals surface area contributed by atoms with Crippen LogP contribution in [-0.4, -0.2) is 20.1 Å². The Bertz CT molecular complexity index is 482. The molecule has 0 heterocycles. The van der Waals surface area contributed by atoms with Gasteiger partial charge in [0.15, 0.2) is 0 Å². The maximum absolute atomic E-state index is 12.2. The van der Waals surface area contributed by atoms with Crippen LogP contribution in [0.3, 0.4) is 0 Å². The van der Waals surface area contributed by atoms with E-state index in [1.807, 2.05) is 0 Å². The van der Waals surface area contributed by atoms with Gasteiger partial charge in [-0.15, -0.1) is 0 Å². The van der Waals surface area contributed by atoms with Crippen LogP contribution in [0.15, 0.2) is 29.2 Å². The highest BCUT2D eigenvalue weighted by atomic mass is 32.2. The van der Waals surface area contributed by atoms with E-state index < -0.39 is 20.5 Å². The Morgan fingerprint density at radius 3 is 2.12 bits per heavy atom. The number of anilines is 1. The molecule has 0 fully saturated rings. The van der Waals surface area contributed by atoms with Crippen molar-refractivity contribution < 1.29 is 22.0 Å². The molecule has 88 valence electrons. The Hall–Kier alpha value is -1.50. The van der Waals surface area contributed by atoms with E-state index in [9.17, 15) is 22.0 Å². The molecule has 1 N–H and O–H groups in total. The zero-order valence-electron chi connectivity index (χ0n) is 8.28. The SMILES string of the molecule is CC(=O)Nc1ccc(S(=O)(=O)C(F)F)cc1. The van der Waals surface area contributed by atoms with E-state index in [4.69, 9.17) is 0 Å². The number of amides is 1. The van der Waals surface area contributed by atoms with Crippen LogP contribution in [0.25, 0.3) is 0 Å². The largest absolute Gasteiger partial charge is 0.341 e. The van der Waals surface area contributed by atoms with Gasteiger partial charge >= 0.3 is 5.76 Å². The molecule has 0 aliphatic heterocycles. The molecule has 0 unspecified atom stereocenters. The first-order valence-electron chi connectivity index (χ1n) is 4.24. The smallest absolute Gasteiger partial charge is 0.326 e. The first-order valence-corrected chi connectivity index (χ1v) is 5.78. The van der Waals surface area contributed by atoms with Gasteiger partial charge in [-0.1, -0.05) is 0 Å². The average Bonchev–Trinajstić information content (AvgIpc) is 2.17. The van der Waals surface area contributed by atoms with Gasteiger partial charge in [-0.25, -0.2) is 8.42 Å². The maximum Gasteiger partial charge on any atom is 0.341 e. The zero-order chi connectivity index (χ0) is 12.3. The van der Waals surface area contributed by atoms with Crippen LogP contribution < -0.4 is 5.32 Å². The van der Waals surface area contributed by atoms with Crippen molar-refractivity contribution in [3.8, 4) is 0 Å². The predicted octanol–water partition coefficient (Wildman–Crippen LogP) is 1.64. The lowest BCUT2D eigenvalue weighted by Crippen LogP contribution is -2.11. The minimum absolute atomic E-state index is 0.329. The molecule has 0 aliphatic rings. The van der Waals surface area contributed by atoms with Gasteiger partial charge < -0.3 is 5.32 Å². The lowest BCUT2D eigenvalue weighted by atomic mass is 10.3. The second-order valence-electron chi connectivity index (χ2n) is 3.01. The maximum atomic E-state index is 12.2. The molecular weight excluding hydrogens is 240 g/mol. The first-order chi connectivity index (χ1) is 7.34. The second kappa shape index (κ2) is 4.56. The molecular formula is C9H9F2NO3S. The molecule has 1 aromatic rings. The molecule has 0 aliphatic carbocycles. The van der Waals surface area contributed by atoms with E-state index in [0.717, 1.165) is 12.1 Å². The minimum Gasteiger partial charge on any atom is -0.326 e. The molecule has 1 aromatic carbocycles. The highest BCUT2D eigenvalue weighted by Crippen LogP contribution is 2.20. The Balaban J connectivity index is 3.00. The second-order valence-corrected chi connectivity index (χ2v) is 4.93. The molecule has 0 saturated carbocycles. The van der Waals surface area contributed by atoms with Crippen LogP contribution in [0, 0.1) is 0 Å². The number of sulfone groups is 1. The summed E-state index contributed by atoms with van der Waals surface area (Å²) in [6, 6.07) is 4.53. The summed E-state index contributed by atoms with van der Waals surface area (Å²) < 4.78 is 46.4. The highest BCUT2D eigenvalue weighted by Gasteiger charge is 2.26. The van der Waals surface area contributed by atoms with Gasteiger partial charge in [0.25, 0.3) is 0 Å². The van der Waals surface area contributed by atoms with Crippen molar-refractivity contribution in [1.82, 2.24) is 0 Å². The van der Waals surface area contributed by atoms with Crippen LogP contribution in [0.2, 0.25) is 0 Å². The third-order valence-electron chi connectivity index (χ3n) is 1.74. The lowest BCUT2D eigenvalue weighted by Gasteiger charge is -2.05. The number of carbonyl (C=O) groups is 1. The summed E-state index contributed by atoms with van der Waals surface area (Å²) in [6.45, 7) is 1.28. The van der Waals surface area contributed by atoms with Crippen molar-refractivity contribution in [2.45, 2.75) is 17.6 Å². The van der Waals surface area contributed by atoms with Crippen molar-refractivity contribution in [2.75, 3.05) is 5.32 Å².